The molecule has 2 saturated carbocycles. The molecule has 3 heterocycles. The Morgan fingerprint density at radius 2 is 1.72 bits per heavy atom. The van der Waals surface area contributed by atoms with Crippen LogP contribution in [0.25, 0.3) is 0 Å². The van der Waals surface area contributed by atoms with E-state index in [2.05, 4.69) is 10.6 Å². The molecule has 248 valence electrons. The molecule has 12 nitrogen and oxygen atoms in total. The van der Waals surface area contributed by atoms with Crippen LogP contribution in [0.1, 0.15) is 81.8 Å². The van der Waals surface area contributed by atoms with Crippen LogP contribution in [-0.2, 0) is 36.8 Å². The first-order chi connectivity index (χ1) is 22.2. The quantitative estimate of drug-likeness (QED) is 0.423. The number of hydrogen-bond donors (Lipinski definition) is 3. The lowest BCUT2D eigenvalue weighted by Crippen LogP contribution is -2.56. The number of fused-ring (bicyclic) bond motifs is 3. The fourth-order valence-corrected chi connectivity index (χ4v) is 7.35. The van der Waals surface area contributed by atoms with Crippen molar-refractivity contribution < 1.29 is 38.6 Å². The van der Waals surface area contributed by atoms with Crippen molar-refractivity contribution in [3.8, 4) is 0 Å². The summed E-state index contributed by atoms with van der Waals surface area (Å²) in [6.45, 7) is 0.839. The van der Waals surface area contributed by atoms with Crippen molar-refractivity contribution in [1.29, 1.82) is 0 Å². The number of nitrogens with zero attached hydrogens (tertiary/aromatic N) is 2. The number of carbonyl (C=O) groups is 5. The molecule has 0 radical (unpaired) electrons. The molecule has 1 aromatic carbocycles. The second kappa shape index (κ2) is 13.7. The van der Waals surface area contributed by atoms with Gasteiger partial charge in [-0.05, 0) is 68.9 Å². The van der Waals surface area contributed by atoms with E-state index in [1.807, 2.05) is 36.4 Å². The van der Waals surface area contributed by atoms with E-state index < -0.39 is 53.7 Å². The van der Waals surface area contributed by atoms with Gasteiger partial charge in [0.15, 0.2) is 0 Å². The van der Waals surface area contributed by atoms with Gasteiger partial charge in [0, 0.05) is 25.4 Å². The number of alkyl carbamates (subject to hydrolysis) is 1. The average Bonchev–Trinajstić information content (AvgIpc) is 3.32. The Morgan fingerprint density at radius 3 is 2.50 bits per heavy atom. The number of hydrogen-bond acceptors (Lipinski definition) is 7. The van der Waals surface area contributed by atoms with Gasteiger partial charge >= 0.3 is 18.2 Å². The molecule has 1 saturated heterocycles. The highest BCUT2D eigenvalue weighted by atomic mass is 16.6. The van der Waals surface area contributed by atoms with Crippen molar-refractivity contribution in [2.45, 2.75) is 113 Å². The Morgan fingerprint density at radius 1 is 0.957 bits per heavy atom. The van der Waals surface area contributed by atoms with Crippen LogP contribution in [0.2, 0.25) is 0 Å². The molecule has 3 fully saturated rings. The van der Waals surface area contributed by atoms with Crippen molar-refractivity contribution in [3.05, 3.63) is 47.5 Å². The molecule has 0 aromatic heterocycles. The molecule has 0 bridgehead atoms. The lowest BCUT2D eigenvalue weighted by atomic mass is 10.0. The normalized spacial score (nSPS) is 30.9. The van der Waals surface area contributed by atoms with Crippen molar-refractivity contribution in [2.75, 3.05) is 13.1 Å². The highest BCUT2D eigenvalue weighted by Gasteiger charge is 2.61. The zero-order valence-corrected chi connectivity index (χ0v) is 26.2. The van der Waals surface area contributed by atoms with Crippen LogP contribution in [-0.4, -0.2) is 87.8 Å². The third-order valence-electron chi connectivity index (χ3n) is 10.1. The van der Waals surface area contributed by atoms with E-state index in [-0.39, 0.29) is 31.4 Å². The van der Waals surface area contributed by atoms with Gasteiger partial charge in [0.1, 0.15) is 29.8 Å². The van der Waals surface area contributed by atoms with Gasteiger partial charge in [-0.3, -0.25) is 9.59 Å². The van der Waals surface area contributed by atoms with Crippen molar-refractivity contribution in [3.63, 3.8) is 0 Å². The number of carboxylic acid groups (broad SMARTS) is 1. The maximum atomic E-state index is 14.2. The number of rotatable bonds is 4. The maximum Gasteiger partial charge on any atom is 0.410 e. The van der Waals surface area contributed by atoms with Gasteiger partial charge in [-0.25, -0.2) is 14.4 Å². The fourth-order valence-electron chi connectivity index (χ4n) is 7.35. The van der Waals surface area contributed by atoms with E-state index in [1.165, 1.54) is 10.5 Å². The highest BCUT2D eigenvalue weighted by molar-refractivity contribution is 5.96. The lowest BCUT2D eigenvalue weighted by Gasteiger charge is -2.30. The predicted molar refractivity (Wildman–Crippen MR) is 165 cm³/mol. The van der Waals surface area contributed by atoms with Crippen molar-refractivity contribution >= 4 is 30.0 Å². The highest BCUT2D eigenvalue weighted by Crippen LogP contribution is 2.45. The van der Waals surface area contributed by atoms with Crippen LogP contribution in [0, 0.1) is 5.92 Å². The third kappa shape index (κ3) is 7.00. The third-order valence-corrected chi connectivity index (χ3v) is 10.1. The van der Waals surface area contributed by atoms with E-state index in [4.69, 9.17) is 9.47 Å². The van der Waals surface area contributed by atoms with Crippen LogP contribution < -0.4 is 10.6 Å². The molecule has 5 atom stereocenters. The Hall–Kier alpha value is -4.09. The number of allylic oxidation sites excluding steroid dienone is 1. The smallest absolute Gasteiger partial charge is 0.410 e. The van der Waals surface area contributed by atoms with Crippen molar-refractivity contribution in [2.24, 2.45) is 5.92 Å². The van der Waals surface area contributed by atoms with Crippen molar-refractivity contribution in [1.82, 2.24) is 20.4 Å². The van der Waals surface area contributed by atoms with E-state index in [0.717, 1.165) is 50.5 Å². The van der Waals surface area contributed by atoms with E-state index in [1.54, 1.807) is 4.90 Å². The summed E-state index contributed by atoms with van der Waals surface area (Å²) in [6.07, 6.45) is 9.60. The first kappa shape index (κ1) is 31.9. The van der Waals surface area contributed by atoms with Gasteiger partial charge in [0.2, 0.25) is 11.8 Å². The number of ether oxygens (including phenoxy) is 2. The average molecular weight is 637 g/mol. The van der Waals surface area contributed by atoms with Crippen LogP contribution >= 0.6 is 0 Å². The Labute approximate surface area is 268 Å². The summed E-state index contributed by atoms with van der Waals surface area (Å²) in [5.74, 6) is -2.56. The standard InChI is InChI=1S/C34H44N4O8/c39-29-28-18-26(46-33(44)37-17-16-22-10-6-7-11-23(22)20-37)21-38(28)30(40)27(35-32(43)45-25-13-8-9-14-25)15-5-3-1-2-4-12-24-19-34(24,36-29)31(41)42/h4,6-7,10-12,24-28H,1-3,5,8-9,13-21H2,(H,35,43)(H,36,39)(H,41,42)/b12-4+/t24-,26-,27+,28+,34-/m1/s1. The van der Waals surface area contributed by atoms with Gasteiger partial charge in [-0.1, -0.05) is 49.3 Å². The summed E-state index contributed by atoms with van der Waals surface area (Å²) < 4.78 is 11.5. The summed E-state index contributed by atoms with van der Waals surface area (Å²) in [4.78, 5) is 69.4. The molecule has 6 rings (SSSR count). The topological polar surface area (TPSA) is 155 Å². The zero-order valence-electron chi connectivity index (χ0n) is 26.2. The Bertz CT molecular complexity index is 1380. The molecule has 3 aliphatic heterocycles. The summed E-state index contributed by atoms with van der Waals surface area (Å²) in [5, 5.41) is 15.6. The minimum atomic E-state index is -1.44. The van der Waals surface area contributed by atoms with E-state index in [0.29, 0.717) is 32.4 Å². The number of amides is 4. The summed E-state index contributed by atoms with van der Waals surface area (Å²) in [6, 6.07) is 5.91. The minimum Gasteiger partial charge on any atom is -0.479 e. The SMILES string of the molecule is O=C(N[C@H]1CCCCC/C=C/[C@@H]2C[C@@]2(C(=O)O)NC(=O)[C@@H]2C[C@@H](OC(=O)N3CCc4ccccc4C3)CN2C1=O)OC1CCCC1. The van der Waals surface area contributed by atoms with Gasteiger partial charge in [-0.15, -0.1) is 0 Å². The maximum absolute atomic E-state index is 14.2. The molecule has 12 heteroatoms. The fraction of sp³-hybridized carbons (Fsp3) is 0.618. The van der Waals surface area contributed by atoms with E-state index in [9.17, 15) is 29.1 Å². The Balaban J connectivity index is 1.20. The number of nitrogens with one attached hydrogen (secondary N) is 2. The molecule has 4 amide bonds. The van der Waals surface area contributed by atoms with Crippen LogP contribution in [0.15, 0.2) is 36.4 Å². The summed E-state index contributed by atoms with van der Waals surface area (Å²) >= 11 is 0. The molecule has 0 spiro atoms. The van der Waals surface area contributed by atoms with Crippen LogP contribution in [0.4, 0.5) is 9.59 Å². The monoisotopic (exact) mass is 636 g/mol. The summed E-state index contributed by atoms with van der Waals surface area (Å²) in [5.41, 5.74) is 0.789. The largest absolute Gasteiger partial charge is 0.479 e. The van der Waals surface area contributed by atoms with Gasteiger partial charge < -0.3 is 35.0 Å². The molecule has 3 N–H and O–H groups in total. The van der Waals surface area contributed by atoms with Gasteiger partial charge in [0.25, 0.3) is 0 Å². The molecule has 0 unspecified atom stereocenters. The molecular formula is C34H44N4O8. The number of benzene rings is 1. The van der Waals surface area contributed by atoms with Gasteiger partial charge in [-0.2, -0.15) is 0 Å². The molecule has 2 aliphatic carbocycles. The number of carbonyl (C=O) groups excluding carboxylic acids is 4. The molecule has 1 aromatic rings. The molecule has 5 aliphatic rings. The number of carboxylic acids is 1. The van der Waals surface area contributed by atoms with E-state index >= 15 is 0 Å². The first-order valence-electron chi connectivity index (χ1n) is 16.8. The predicted octanol–water partition coefficient (Wildman–Crippen LogP) is 3.67. The van der Waals surface area contributed by atoms with Crippen LogP contribution in [0.5, 0.6) is 0 Å². The van der Waals surface area contributed by atoms with Crippen LogP contribution in [0.3, 0.4) is 0 Å². The molecular weight excluding hydrogens is 592 g/mol. The lowest BCUT2D eigenvalue weighted by molar-refractivity contribution is -0.145. The zero-order chi connectivity index (χ0) is 32.3. The second-order valence-electron chi connectivity index (χ2n) is 13.3. The number of aliphatic carboxylic acids is 1. The minimum absolute atomic E-state index is 0.0170. The first-order valence-corrected chi connectivity index (χ1v) is 16.8. The Kier molecular flexibility index (Phi) is 9.51. The summed E-state index contributed by atoms with van der Waals surface area (Å²) in [7, 11) is 0. The molecule has 46 heavy (non-hydrogen) atoms. The van der Waals surface area contributed by atoms with Gasteiger partial charge in [0.05, 0.1) is 6.54 Å². The second-order valence-corrected chi connectivity index (χ2v) is 13.3.